The third-order valence-corrected chi connectivity index (χ3v) is 2.43. The monoisotopic (exact) mass is 224 g/mol. The van der Waals surface area contributed by atoms with Crippen molar-refractivity contribution in [3.63, 3.8) is 0 Å². The van der Waals surface area contributed by atoms with Gasteiger partial charge in [0.2, 0.25) is 0 Å². The van der Waals surface area contributed by atoms with Crippen LogP contribution in [0.3, 0.4) is 0 Å². The number of hydrogen-bond acceptors (Lipinski definition) is 1. The Morgan fingerprint density at radius 1 is 0.882 bits per heavy atom. The number of carboxylic acids is 1. The molecule has 2 nitrogen and oxygen atoms in total. The molecule has 0 unspecified atom stereocenters. The zero-order valence-electron chi connectivity index (χ0n) is 9.21. The highest BCUT2D eigenvalue weighted by atomic mass is 16.4. The molecule has 0 radical (unpaired) electrons. The first-order chi connectivity index (χ1) is 8.27. The van der Waals surface area contributed by atoms with Gasteiger partial charge in [-0.2, -0.15) is 0 Å². The maximum absolute atomic E-state index is 11.2. The molecule has 0 aliphatic carbocycles. The Kier molecular flexibility index (Phi) is 3.36. The molecule has 0 heterocycles. The average molecular weight is 224 g/mol. The molecular weight excluding hydrogens is 212 g/mol. The molecule has 2 heteroatoms. The van der Waals surface area contributed by atoms with Crippen molar-refractivity contribution in [2.45, 2.75) is 0 Å². The van der Waals surface area contributed by atoms with Crippen LogP contribution in [0.15, 0.2) is 60.7 Å². The van der Waals surface area contributed by atoms with Crippen LogP contribution in [0, 0.1) is 0 Å². The Balaban J connectivity index is 2.44. The van der Waals surface area contributed by atoms with Gasteiger partial charge >= 0.3 is 5.97 Å². The molecule has 0 aliphatic rings. The summed E-state index contributed by atoms with van der Waals surface area (Å²) in [4.78, 5) is 11.2. The molecule has 17 heavy (non-hydrogen) atoms. The molecule has 0 saturated carbocycles. The first kappa shape index (κ1) is 11.1. The van der Waals surface area contributed by atoms with Crippen LogP contribution in [0.1, 0.15) is 11.1 Å². The molecule has 0 spiro atoms. The highest BCUT2D eigenvalue weighted by Gasteiger charge is 2.09. The van der Waals surface area contributed by atoms with E-state index in [2.05, 4.69) is 0 Å². The van der Waals surface area contributed by atoms with Crippen LogP contribution in [-0.2, 0) is 4.79 Å². The first-order valence-electron chi connectivity index (χ1n) is 5.33. The second-order valence-electron chi connectivity index (χ2n) is 3.64. The Bertz CT molecular complexity index is 527. The maximum atomic E-state index is 11.2. The fourth-order valence-electron chi connectivity index (χ4n) is 1.60. The van der Waals surface area contributed by atoms with E-state index in [4.69, 9.17) is 0 Å². The molecule has 0 bridgehead atoms. The van der Waals surface area contributed by atoms with Crippen molar-refractivity contribution >= 4 is 17.6 Å². The summed E-state index contributed by atoms with van der Waals surface area (Å²) in [5.41, 5.74) is 1.90. The lowest BCUT2D eigenvalue weighted by Crippen LogP contribution is -1.99. The molecule has 0 atom stereocenters. The van der Waals surface area contributed by atoms with Crippen LogP contribution in [0.2, 0.25) is 0 Å². The van der Waals surface area contributed by atoms with Crippen molar-refractivity contribution < 1.29 is 9.90 Å². The molecule has 0 saturated heterocycles. The Labute approximate surface area is 99.8 Å². The van der Waals surface area contributed by atoms with Gasteiger partial charge in [0.1, 0.15) is 0 Å². The van der Waals surface area contributed by atoms with Gasteiger partial charge in [0.15, 0.2) is 0 Å². The van der Waals surface area contributed by atoms with E-state index >= 15 is 0 Å². The zero-order valence-corrected chi connectivity index (χ0v) is 9.21. The molecule has 2 aromatic carbocycles. The molecule has 2 rings (SSSR count). The largest absolute Gasteiger partial charge is 0.478 e. The summed E-state index contributed by atoms with van der Waals surface area (Å²) in [5, 5.41) is 9.22. The van der Waals surface area contributed by atoms with E-state index in [1.165, 1.54) is 0 Å². The van der Waals surface area contributed by atoms with Gasteiger partial charge in [0, 0.05) is 0 Å². The summed E-state index contributed by atoms with van der Waals surface area (Å²) in [7, 11) is 0. The summed E-state index contributed by atoms with van der Waals surface area (Å²) in [6, 6.07) is 18.6. The van der Waals surface area contributed by atoms with E-state index in [1.807, 2.05) is 48.5 Å². The SMILES string of the molecule is O=C(O)C(=Cc1ccccc1)c1ccccc1. The van der Waals surface area contributed by atoms with E-state index in [0.717, 1.165) is 5.56 Å². The lowest BCUT2D eigenvalue weighted by molar-refractivity contribution is -0.130. The highest BCUT2D eigenvalue weighted by molar-refractivity contribution is 6.20. The first-order valence-corrected chi connectivity index (χ1v) is 5.33. The smallest absolute Gasteiger partial charge is 0.336 e. The second-order valence-corrected chi connectivity index (χ2v) is 3.64. The van der Waals surface area contributed by atoms with Crippen LogP contribution < -0.4 is 0 Å². The van der Waals surface area contributed by atoms with Crippen molar-refractivity contribution in [3.05, 3.63) is 71.8 Å². The second kappa shape index (κ2) is 5.12. The summed E-state index contributed by atoms with van der Waals surface area (Å²) in [6.07, 6.45) is 1.68. The number of rotatable bonds is 3. The van der Waals surface area contributed by atoms with Gasteiger partial charge in [-0.1, -0.05) is 60.7 Å². The molecule has 0 amide bonds. The van der Waals surface area contributed by atoms with Gasteiger partial charge in [0.05, 0.1) is 5.57 Å². The van der Waals surface area contributed by atoms with E-state index in [9.17, 15) is 9.90 Å². The topological polar surface area (TPSA) is 37.3 Å². The van der Waals surface area contributed by atoms with Crippen molar-refractivity contribution in [1.82, 2.24) is 0 Å². The minimum Gasteiger partial charge on any atom is -0.478 e. The van der Waals surface area contributed by atoms with E-state index < -0.39 is 5.97 Å². The summed E-state index contributed by atoms with van der Waals surface area (Å²) < 4.78 is 0. The molecule has 84 valence electrons. The summed E-state index contributed by atoms with van der Waals surface area (Å²) in [6.45, 7) is 0. The fourth-order valence-corrected chi connectivity index (χ4v) is 1.60. The predicted molar refractivity (Wildman–Crippen MR) is 68.4 cm³/mol. The average Bonchev–Trinajstić information content (AvgIpc) is 2.38. The Hall–Kier alpha value is -2.35. The normalized spacial score (nSPS) is 11.2. The molecular formula is C15H12O2. The minimum absolute atomic E-state index is 0.303. The van der Waals surface area contributed by atoms with Gasteiger partial charge in [-0.3, -0.25) is 0 Å². The van der Waals surface area contributed by atoms with E-state index in [-0.39, 0.29) is 0 Å². The third kappa shape index (κ3) is 2.82. The number of carboxylic acid groups (broad SMARTS) is 1. The zero-order chi connectivity index (χ0) is 12.1. The lowest BCUT2D eigenvalue weighted by Gasteiger charge is -2.02. The molecule has 0 aliphatic heterocycles. The lowest BCUT2D eigenvalue weighted by atomic mass is 10.0. The van der Waals surface area contributed by atoms with Crippen LogP contribution >= 0.6 is 0 Å². The fraction of sp³-hybridized carbons (Fsp3) is 0. The van der Waals surface area contributed by atoms with E-state index in [0.29, 0.717) is 11.1 Å². The summed E-state index contributed by atoms with van der Waals surface area (Å²) >= 11 is 0. The molecule has 1 N–H and O–H groups in total. The maximum Gasteiger partial charge on any atom is 0.336 e. The van der Waals surface area contributed by atoms with Crippen LogP contribution in [0.4, 0.5) is 0 Å². The standard InChI is InChI=1S/C15H12O2/c16-15(17)14(13-9-5-2-6-10-13)11-12-7-3-1-4-8-12/h1-11H,(H,16,17). The quantitative estimate of drug-likeness (QED) is 0.641. The van der Waals surface area contributed by atoms with E-state index in [1.54, 1.807) is 18.2 Å². The van der Waals surface area contributed by atoms with Gasteiger partial charge < -0.3 is 5.11 Å². The molecule has 0 aromatic heterocycles. The van der Waals surface area contributed by atoms with Crippen LogP contribution in [0.5, 0.6) is 0 Å². The predicted octanol–water partition coefficient (Wildman–Crippen LogP) is 3.31. The van der Waals surface area contributed by atoms with Crippen molar-refractivity contribution in [3.8, 4) is 0 Å². The summed E-state index contributed by atoms with van der Waals surface area (Å²) in [5.74, 6) is -0.917. The molecule has 0 fully saturated rings. The number of aliphatic carboxylic acids is 1. The van der Waals surface area contributed by atoms with Crippen LogP contribution in [-0.4, -0.2) is 11.1 Å². The van der Waals surface area contributed by atoms with Gasteiger partial charge in [-0.15, -0.1) is 0 Å². The Morgan fingerprint density at radius 3 is 1.94 bits per heavy atom. The third-order valence-electron chi connectivity index (χ3n) is 2.43. The number of benzene rings is 2. The van der Waals surface area contributed by atoms with Crippen molar-refractivity contribution in [2.75, 3.05) is 0 Å². The van der Waals surface area contributed by atoms with Crippen molar-refractivity contribution in [1.29, 1.82) is 0 Å². The van der Waals surface area contributed by atoms with Crippen LogP contribution in [0.25, 0.3) is 11.6 Å². The number of hydrogen-bond donors (Lipinski definition) is 1. The van der Waals surface area contributed by atoms with Gasteiger partial charge in [0.25, 0.3) is 0 Å². The van der Waals surface area contributed by atoms with Gasteiger partial charge in [-0.25, -0.2) is 4.79 Å². The number of carbonyl (C=O) groups is 1. The minimum atomic E-state index is -0.917. The van der Waals surface area contributed by atoms with Crippen molar-refractivity contribution in [2.24, 2.45) is 0 Å². The van der Waals surface area contributed by atoms with Gasteiger partial charge in [-0.05, 0) is 17.2 Å². The highest BCUT2D eigenvalue weighted by Crippen LogP contribution is 2.18. The molecule has 2 aromatic rings. The Morgan fingerprint density at radius 2 is 1.41 bits per heavy atom.